The Balaban J connectivity index is 1.68. The summed E-state index contributed by atoms with van der Waals surface area (Å²) in [6.07, 6.45) is -2.46. The van der Waals surface area contributed by atoms with Gasteiger partial charge in [0.1, 0.15) is 24.1 Å². The molecule has 3 aromatic rings. The summed E-state index contributed by atoms with van der Waals surface area (Å²) in [6, 6.07) is 8.55. The zero-order valence-electron chi connectivity index (χ0n) is 14.9. The Morgan fingerprint density at radius 3 is 2.68 bits per heavy atom. The molecule has 9 nitrogen and oxygen atoms in total. The van der Waals surface area contributed by atoms with Gasteiger partial charge in [-0.15, -0.1) is 0 Å². The maximum atomic E-state index is 12.0. The highest BCUT2D eigenvalue weighted by molar-refractivity contribution is 5.84. The van der Waals surface area contributed by atoms with Gasteiger partial charge in [-0.25, -0.2) is 4.79 Å². The summed E-state index contributed by atoms with van der Waals surface area (Å²) < 4.78 is 6.56. The number of benzene rings is 1. The van der Waals surface area contributed by atoms with Crippen LogP contribution in [0.3, 0.4) is 0 Å². The van der Waals surface area contributed by atoms with Crippen molar-refractivity contribution in [2.75, 3.05) is 0 Å². The fraction of sp³-hybridized carbons (Fsp3) is 0.263. The summed E-state index contributed by atoms with van der Waals surface area (Å²) in [7, 11) is 0. The van der Waals surface area contributed by atoms with Gasteiger partial charge in [0.2, 0.25) is 0 Å². The van der Waals surface area contributed by atoms with Gasteiger partial charge in [-0.05, 0) is 41.6 Å². The molecule has 4 rings (SSSR count). The van der Waals surface area contributed by atoms with Crippen molar-refractivity contribution in [1.82, 2.24) is 14.5 Å². The summed E-state index contributed by atoms with van der Waals surface area (Å²) in [5.74, 6) is -0.249. The van der Waals surface area contributed by atoms with E-state index in [1.54, 1.807) is 13.1 Å². The molecule has 4 atom stereocenters. The van der Waals surface area contributed by atoms with Gasteiger partial charge in [-0.3, -0.25) is 14.3 Å². The fourth-order valence-electron chi connectivity index (χ4n) is 3.39. The molecule has 9 heteroatoms. The van der Waals surface area contributed by atoms with Crippen molar-refractivity contribution in [3.05, 3.63) is 74.9 Å². The zero-order chi connectivity index (χ0) is 20.0. The third-order valence-electron chi connectivity index (χ3n) is 5.00. The predicted molar refractivity (Wildman–Crippen MR) is 101 cm³/mol. The van der Waals surface area contributed by atoms with E-state index in [2.05, 4.69) is 9.97 Å². The van der Waals surface area contributed by atoms with Gasteiger partial charge in [0.15, 0.2) is 6.23 Å². The lowest BCUT2D eigenvalue weighted by atomic mass is 10.00. The van der Waals surface area contributed by atoms with Crippen molar-refractivity contribution in [2.45, 2.75) is 31.5 Å². The van der Waals surface area contributed by atoms with E-state index < -0.39 is 35.8 Å². The topological polar surface area (TPSA) is 141 Å². The Bertz CT molecular complexity index is 1170. The average molecular weight is 385 g/mol. The first-order valence-corrected chi connectivity index (χ1v) is 8.67. The number of hydrogen-bond donors (Lipinski definition) is 5. The lowest BCUT2D eigenvalue weighted by Gasteiger charge is -2.17. The van der Waals surface area contributed by atoms with Crippen LogP contribution < -0.4 is 11.2 Å². The average Bonchev–Trinajstić information content (AvgIpc) is 3.26. The number of aliphatic hydroxyl groups is 3. The first-order chi connectivity index (χ1) is 13.4. The van der Waals surface area contributed by atoms with E-state index in [-0.39, 0.29) is 5.76 Å². The molecule has 2 aromatic heterocycles. The summed E-state index contributed by atoms with van der Waals surface area (Å²) >= 11 is 0. The Kier molecular flexibility index (Phi) is 4.42. The smallest absolute Gasteiger partial charge is 0.330 e. The molecule has 1 aliphatic rings. The Hall–Kier alpha value is -3.14. The molecule has 0 unspecified atom stereocenters. The van der Waals surface area contributed by atoms with Gasteiger partial charge < -0.3 is 25.0 Å². The number of aliphatic hydroxyl groups excluding tert-OH is 3. The number of H-pyrrole nitrogens is 2. The highest BCUT2D eigenvalue weighted by atomic mass is 16.6. The van der Waals surface area contributed by atoms with Crippen LogP contribution in [0.5, 0.6) is 0 Å². The van der Waals surface area contributed by atoms with Crippen LogP contribution in [-0.4, -0.2) is 48.2 Å². The summed E-state index contributed by atoms with van der Waals surface area (Å²) in [5, 5.41) is 32.3. The predicted octanol–water partition coefficient (Wildman–Crippen LogP) is 0.626. The van der Waals surface area contributed by atoms with E-state index in [9.17, 15) is 24.9 Å². The number of nitrogens with one attached hydrogen (secondary N) is 2. The van der Waals surface area contributed by atoms with E-state index in [0.717, 1.165) is 33.3 Å². The molecule has 1 fully saturated rings. The largest absolute Gasteiger partial charge is 0.509 e. The first kappa shape index (κ1) is 18.2. The maximum absolute atomic E-state index is 12.0. The molecule has 0 aliphatic carbocycles. The maximum Gasteiger partial charge on any atom is 0.330 e. The van der Waals surface area contributed by atoms with Gasteiger partial charge in [0, 0.05) is 24.0 Å². The van der Waals surface area contributed by atoms with Crippen LogP contribution in [0.25, 0.3) is 16.5 Å². The van der Waals surface area contributed by atoms with Gasteiger partial charge in [0.25, 0.3) is 5.56 Å². The molecule has 0 radical (unpaired) electrons. The van der Waals surface area contributed by atoms with Crippen LogP contribution in [-0.2, 0) is 4.74 Å². The standard InChI is InChI=1S/C19H19N3O6/c1-9(10-2-3-12-11(8-10)4-6-20-12)14(24)17-15(25)16(26)18(28-17)22-7-5-13(23)21-19(22)27/h2-8,15-18,20,24-26H,1H3,(H,21,23,27)/t15-,16+,17+,18+/m0/s1. The zero-order valence-corrected chi connectivity index (χ0v) is 14.9. The third-order valence-corrected chi connectivity index (χ3v) is 5.00. The van der Waals surface area contributed by atoms with Crippen LogP contribution in [0.1, 0.15) is 18.7 Å². The van der Waals surface area contributed by atoms with E-state index in [4.69, 9.17) is 4.74 Å². The lowest BCUT2D eigenvalue weighted by Crippen LogP contribution is -2.37. The normalized spacial score (nSPS) is 25.8. The lowest BCUT2D eigenvalue weighted by molar-refractivity contribution is -0.0387. The highest BCUT2D eigenvalue weighted by Crippen LogP contribution is 2.34. The molecular weight excluding hydrogens is 366 g/mol. The van der Waals surface area contributed by atoms with E-state index in [0.29, 0.717) is 5.57 Å². The minimum atomic E-state index is -1.48. The van der Waals surface area contributed by atoms with Crippen LogP contribution >= 0.6 is 0 Å². The number of ether oxygens (including phenoxy) is 1. The summed E-state index contributed by atoms with van der Waals surface area (Å²) in [5.41, 5.74) is 0.751. The van der Waals surface area contributed by atoms with Crippen LogP contribution in [0.15, 0.2) is 58.1 Å². The molecule has 146 valence electrons. The van der Waals surface area contributed by atoms with Gasteiger partial charge in [0.05, 0.1) is 0 Å². The van der Waals surface area contributed by atoms with Crippen molar-refractivity contribution in [1.29, 1.82) is 0 Å². The Morgan fingerprint density at radius 2 is 1.93 bits per heavy atom. The highest BCUT2D eigenvalue weighted by Gasteiger charge is 2.46. The second kappa shape index (κ2) is 6.79. The molecule has 5 N–H and O–H groups in total. The van der Waals surface area contributed by atoms with E-state index in [1.807, 2.05) is 24.3 Å². The van der Waals surface area contributed by atoms with E-state index >= 15 is 0 Å². The monoisotopic (exact) mass is 385 g/mol. The minimum absolute atomic E-state index is 0.249. The number of aromatic amines is 2. The molecule has 0 saturated carbocycles. The van der Waals surface area contributed by atoms with E-state index in [1.165, 1.54) is 0 Å². The van der Waals surface area contributed by atoms with Gasteiger partial charge >= 0.3 is 5.69 Å². The molecule has 0 bridgehead atoms. The molecule has 1 saturated heterocycles. The van der Waals surface area contributed by atoms with Crippen molar-refractivity contribution in [3.8, 4) is 0 Å². The van der Waals surface area contributed by atoms with Crippen LogP contribution in [0.2, 0.25) is 0 Å². The number of fused-ring (bicyclic) bond motifs is 1. The molecule has 1 aromatic carbocycles. The molecular formula is C19H19N3O6. The van der Waals surface area contributed by atoms with Crippen LogP contribution in [0.4, 0.5) is 0 Å². The molecule has 28 heavy (non-hydrogen) atoms. The second-order valence-electron chi connectivity index (χ2n) is 6.74. The number of hydrogen-bond acceptors (Lipinski definition) is 6. The third kappa shape index (κ3) is 2.95. The van der Waals surface area contributed by atoms with Crippen molar-refractivity contribution < 1.29 is 20.1 Å². The number of allylic oxidation sites excluding steroid dienone is 1. The number of rotatable bonds is 3. The van der Waals surface area contributed by atoms with Gasteiger partial charge in [-0.2, -0.15) is 0 Å². The molecule has 0 spiro atoms. The second-order valence-corrected chi connectivity index (χ2v) is 6.74. The van der Waals surface area contributed by atoms with Crippen molar-refractivity contribution in [3.63, 3.8) is 0 Å². The molecule has 3 heterocycles. The number of nitrogens with zero attached hydrogens (tertiary/aromatic N) is 1. The quantitative estimate of drug-likeness (QED) is 0.419. The Labute approximate surface area is 158 Å². The number of aromatic nitrogens is 3. The minimum Gasteiger partial charge on any atom is -0.509 e. The van der Waals surface area contributed by atoms with Crippen molar-refractivity contribution in [2.24, 2.45) is 0 Å². The fourth-order valence-corrected chi connectivity index (χ4v) is 3.39. The summed E-state index contributed by atoms with van der Waals surface area (Å²) in [4.78, 5) is 28.3. The SMILES string of the molecule is CC(=C(O)[C@H]1O[C@@H](n2ccc(=O)[nH]c2=O)[C@H](O)[C@@H]1O)c1ccc2[nH]ccc2c1. The molecule has 0 amide bonds. The Morgan fingerprint density at radius 1 is 1.14 bits per heavy atom. The molecule has 1 aliphatic heterocycles. The van der Waals surface area contributed by atoms with Crippen molar-refractivity contribution >= 4 is 16.5 Å². The summed E-state index contributed by atoms with van der Waals surface area (Å²) in [6.45, 7) is 1.67. The first-order valence-electron chi connectivity index (χ1n) is 8.67. The van der Waals surface area contributed by atoms with Gasteiger partial charge in [-0.1, -0.05) is 6.07 Å². The van der Waals surface area contributed by atoms with Crippen LogP contribution in [0, 0.1) is 0 Å².